The van der Waals surface area contributed by atoms with E-state index in [9.17, 15) is 0 Å². The molecule has 3 nitrogen and oxygen atoms in total. The average Bonchev–Trinajstić information content (AvgIpc) is 3.58. The van der Waals surface area contributed by atoms with Gasteiger partial charge >= 0.3 is 0 Å². The third-order valence-corrected chi connectivity index (χ3v) is 10.1. The van der Waals surface area contributed by atoms with E-state index in [1.165, 1.54) is 38.6 Å². The van der Waals surface area contributed by atoms with Gasteiger partial charge in [0.05, 0.1) is 17.4 Å². The van der Waals surface area contributed by atoms with Crippen LogP contribution in [0.4, 0.5) is 17.1 Å². The van der Waals surface area contributed by atoms with E-state index in [0.717, 1.165) is 55.5 Å². The van der Waals surface area contributed by atoms with E-state index in [1.807, 2.05) is 18.3 Å². The summed E-state index contributed by atoms with van der Waals surface area (Å²) in [4.78, 5) is 7.37. The largest absolute Gasteiger partial charge is 0.456 e. The molecule has 0 unspecified atom stereocenters. The lowest BCUT2D eigenvalue weighted by atomic mass is 9.90. The molecule has 0 bridgehead atoms. The Hall–Kier alpha value is -6.97. The molecule has 0 saturated heterocycles. The van der Waals surface area contributed by atoms with E-state index < -0.39 is 0 Å². The number of para-hydroxylation sites is 1. The number of hydrogen-bond acceptors (Lipinski definition) is 3. The molecule has 2 heterocycles. The molecule has 0 N–H and O–H groups in total. The van der Waals surface area contributed by atoms with Crippen LogP contribution in [0.2, 0.25) is 0 Å². The minimum Gasteiger partial charge on any atom is -0.456 e. The second-order valence-electron chi connectivity index (χ2n) is 13.2. The number of pyridine rings is 1. The Kier molecular flexibility index (Phi) is 7.14. The fourth-order valence-electron chi connectivity index (χ4n) is 7.59. The standard InChI is InChI=1S/C49H32N2O/c1-3-13-33(14-4-1)36-19-11-20-38(27-36)51(40-28-37-29-46-44-22-9-10-24-48(44)52-49(46)31-47(37)50-32-40)39-25-26-42(34-15-5-2-6-16-34)45(30-39)43-23-12-18-35-17-7-8-21-41(35)43/h1-32H. The van der Waals surface area contributed by atoms with Crippen molar-refractivity contribution in [3.05, 3.63) is 194 Å². The van der Waals surface area contributed by atoms with Crippen LogP contribution in [0.25, 0.3) is 77.0 Å². The van der Waals surface area contributed by atoms with Crippen molar-refractivity contribution in [2.24, 2.45) is 0 Å². The van der Waals surface area contributed by atoms with Gasteiger partial charge in [0.2, 0.25) is 0 Å². The highest BCUT2D eigenvalue weighted by molar-refractivity contribution is 6.10. The van der Waals surface area contributed by atoms with Crippen LogP contribution in [0.1, 0.15) is 0 Å². The van der Waals surface area contributed by atoms with Gasteiger partial charge in [-0.1, -0.05) is 140 Å². The molecule has 0 aliphatic rings. The van der Waals surface area contributed by atoms with Crippen LogP contribution in [0.3, 0.4) is 0 Å². The van der Waals surface area contributed by atoms with Crippen LogP contribution in [-0.4, -0.2) is 4.98 Å². The minimum atomic E-state index is 0.845. The number of anilines is 3. The lowest BCUT2D eigenvalue weighted by Crippen LogP contribution is -2.11. The lowest BCUT2D eigenvalue weighted by molar-refractivity contribution is 0.669. The van der Waals surface area contributed by atoms with Gasteiger partial charge in [-0.15, -0.1) is 0 Å². The highest BCUT2D eigenvalue weighted by Crippen LogP contribution is 2.44. The van der Waals surface area contributed by atoms with E-state index in [0.29, 0.717) is 0 Å². The van der Waals surface area contributed by atoms with Gasteiger partial charge in [-0.2, -0.15) is 0 Å². The van der Waals surface area contributed by atoms with Crippen LogP contribution in [0.5, 0.6) is 0 Å². The maximum Gasteiger partial charge on any atom is 0.137 e. The Morgan fingerprint density at radius 2 is 1.06 bits per heavy atom. The van der Waals surface area contributed by atoms with Crippen molar-refractivity contribution in [2.75, 3.05) is 4.90 Å². The Morgan fingerprint density at radius 1 is 0.365 bits per heavy atom. The molecule has 0 spiro atoms. The summed E-state index contributed by atoms with van der Waals surface area (Å²) in [6, 6.07) is 66.8. The molecule has 0 atom stereocenters. The minimum absolute atomic E-state index is 0.845. The quantitative estimate of drug-likeness (QED) is 0.177. The zero-order valence-electron chi connectivity index (χ0n) is 28.3. The van der Waals surface area contributed by atoms with E-state index in [1.54, 1.807) is 0 Å². The number of hydrogen-bond donors (Lipinski definition) is 0. The average molecular weight is 665 g/mol. The summed E-state index contributed by atoms with van der Waals surface area (Å²) >= 11 is 0. The summed E-state index contributed by atoms with van der Waals surface area (Å²) in [5.41, 5.74) is 12.7. The molecular weight excluding hydrogens is 633 g/mol. The summed E-state index contributed by atoms with van der Waals surface area (Å²) in [6.45, 7) is 0. The monoisotopic (exact) mass is 664 g/mol. The van der Waals surface area contributed by atoms with Crippen molar-refractivity contribution in [3.8, 4) is 33.4 Å². The van der Waals surface area contributed by atoms with E-state index in [2.05, 4.69) is 181 Å². The first kappa shape index (κ1) is 29.9. The van der Waals surface area contributed by atoms with Gasteiger partial charge in [-0.05, 0) is 86.6 Å². The number of fused-ring (bicyclic) bond motifs is 5. The zero-order chi connectivity index (χ0) is 34.4. The molecule has 3 heteroatoms. The lowest BCUT2D eigenvalue weighted by Gasteiger charge is -2.27. The molecule has 0 fully saturated rings. The van der Waals surface area contributed by atoms with Crippen LogP contribution in [0, 0.1) is 0 Å². The second kappa shape index (κ2) is 12.4. The predicted octanol–water partition coefficient (Wildman–Crippen LogP) is 13.8. The Balaban J connectivity index is 1.22. The third-order valence-electron chi connectivity index (χ3n) is 10.1. The summed E-state index contributed by atoms with van der Waals surface area (Å²) in [5, 5.41) is 5.68. The highest BCUT2D eigenvalue weighted by Gasteiger charge is 2.19. The number of benzene rings is 8. The number of furan rings is 1. The maximum atomic E-state index is 6.22. The van der Waals surface area contributed by atoms with E-state index >= 15 is 0 Å². The smallest absolute Gasteiger partial charge is 0.137 e. The summed E-state index contributed by atoms with van der Waals surface area (Å²) in [5.74, 6) is 0. The molecule has 2 aromatic heterocycles. The Labute approximate surface area is 301 Å². The van der Waals surface area contributed by atoms with Gasteiger partial charge in [0.15, 0.2) is 0 Å². The Bertz CT molecular complexity index is 2910. The predicted molar refractivity (Wildman–Crippen MR) is 218 cm³/mol. The number of nitrogens with zero attached hydrogens (tertiary/aromatic N) is 2. The molecule has 0 saturated carbocycles. The normalized spacial score (nSPS) is 11.5. The van der Waals surface area contributed by atoms with Crippen molar-refractivity contribution in [2.45, 2.75) is 0 Å². The van der Waals surface area contributed by atoms with Crippen molar-refractivity contribution in [1.82, 2.24) is 4.98 Å². The van der Waals surface area contributed by atoms with Crippen molar-refractivity contribution < 1.29 is 4.42 Å². The van der Waals surface area contributed by atoms with Gasteiger partial charge in [-0.25, -0.2) is 0 Å². The van der Waals surface area contributed by atoms with Crippen LogP contribution in [-0.2, 0) is 0 Å². The van der Waals surface area contributed by atoms with E-state index in [4.69, 9.17) is 9.40 Å². The number of aromatic nitrogens is 1. The number of rotatable bonds is 6. The molecule has 10 aromatic rings. The molecular formula is C49H32N2O. The highest BCUT2D eigenvalue weighted by atomic mass is 16.3. The topological polar surface area (TPSA) is 29.3 Å². The van der Waals surface area contributed by atoms with Gasteiger partial charge in [-0.3, -0.25) is 4.98 Å². The molecule has 244 valence electrons. The fourth-order valence-corrected chi connectivity index (χ4v) is 7.59. The molecule has 52 heavy (non-hydrogen) atoms. The zero-order valence-corrected chi connectivity index (χ0v) is 28.3. The molecule has 0 aliphatic heterocycles. The second-order valence-corrected chi connectivity index (χ2v) is 13.2. The van der Waals surface area contributed by atoms with Crippen molar-refractivity contribution in [1.29, 1.82) is 0 Å². The third kappa shape index (κ3) is 5.19. The summed E-state index contributed by atoms with van der Waals surface area (Å²) in [6.07, 6.45) is 1.98. The van der Waals surface area contributed by atoms with Crippen LogP contribution in [0.15, 0.2) is 199 Å². The van der Waals surface area contributed by atoms with E-state index in [-0.39, 0.29) is 0 Å². The SMILES string of the molecule is c1ccc(-c2cccc(N(c3ccc(-c4ccccc4)c(-c4cccc5ccccc45)c3)c3cnc4cc5oc6ccccc6c5cc4c3)c2)cc1. The molecule has 0 aliphatic carbocycles. The van der Waals surface area contributed by atoms with Crippen LogP contribution < -0.4 is 4.90 Å². The molecule has 10 rings (SSSR count). The first-order valence-electron chi connectivity index (χ1n) is 17.6. The summed E-state index contributed by atoms with van der Waals surface area (Å²) < 4.78 is 6.22. The Morgan fingerprint density at radius 3 is 1.92 bits per heavy atom. The maximum absolute atomic E-state index is 6.22. The van der Waals surface area contributed by atoms with Gasteiger partial charge in [0, 0.05) is 33.6 Å². The van der Waals surface area contributed by atoms with Gasteiger partial charge in [0.25, 0.3) is 0 Å². The van der Waals surface area contributed by atoms with Crippen molar-refractivity contribution >= 4 is 60.7 Å². The summed E-state index contributed by atoms with van der Waals surface area (Å²) in [7, 11) is 0. The molecule has 0 amide bonds. The molecule has 8 aromatic carbocycles. The molecule has 0 radical (unpaired) electrons. The van der Waals surface area contributed by atoms with Crippen molar-refractivity contribution in [3.63, 3.8) is 0 Å². The fraction of sp³-hybridized carbons (Fsp3) is 0. The van der Waals surface area contributed by atoms with Gasteiger partial charge < -0.3 is 9.32 Å². The first-order valence-corrected chi connectivity index (χ1v) is 17.6. The first-order chi connectivity index (χ1) is 25.8. The van der Waals surface area contributed by atoms with Gasteiger partial charge in [0.1, 0.15) is 11.2 Å². The van der Waals surface area contributed by atoms with Crippen LogP contribution >= 0.6 is 0 Å².